The van der Waals surface area contributed by atoms with Gasteiger partial charge in [-0.15, -0.1) is 0 Å². The average Bonchev–Trinajstić information content (AvgIpc) is 2.30. The Bertz CT molecular complexity index is 683. The minimum atomic E-state index is -4.08. The van der Waals surface area contributed by atoms with Gasteiger partial charge < -0.3 is 5.73 Å². The SMILES string of the molecule is Cc1cc(S(=O)(=O)N(C)CCCS(=O)(=O)O)ccc1N. The first-order chi connectivity index (χ1) is 9.04. The second-order valence-electron chi connectivity index (χ2n) is 4.48. The fourth-order valence-electron chi connectivity index (χ4n) is 1.58. The highest BCUT2D eigenvalue weighted by Gasteiger charge is 2.21. The van der Waals surface area contributed by atoms with E-state index in [0.29, 0.717) is 11.3 Å². The number of rotatable bonds is 6. The van der Waals surface area contributed by atoms with E-state index in [9.17, 15) is 16.8 Å². The van der Waals surface area contributed by atoms with Crippen molar-refractivity contribution in [1.82, 2.24) is 4.31 Å². The average molecular weight is 322 g/mol. The van der Waals surface area contributed by atoms with Gasteiger partial charge >= 0.3 is 0 Å². The van der Waals surface area contributed by atoms with Crippen molar-refractivity contribution >= 4 is 25.8 Å². The summed E-state index contributed by atoms with van der Waals surface area (Å²) in [6.07, 6.45) is 0.0164. The van der Waals surface area contributed by atoms with Gasteiger partial charge in [-0.1, -0.05) is 0 Å². The minimum absolute atomic E-state index is 0.00839. The predicted molar refractivity (Wildman–Crippen MR) is 76.4 cm³/mol. The van der Waals surface area contributed by atoms with Gasteiger partial charge in [-0.25, -0.2) is 12.7 Å². The van der Waals surface area contributed by atoms with E-state index in [1.165, 1.54) is 25.2 Å². The molecule has 0 heterocycles. The van der Waals surface area contributed by atoms with E-state index >= 15 is 0 Å². The van der Waals surface area contributed by atoms with Crippen LogP contribution >= 0.6 is 0 Å². The van der Waals surface area contributed by atoms with Crippen LogP contribution in [-0.4, -0.2) is 45.0 Å². The standard InChI is InChI=1S/C11H18N2O5S2/c1-9-8-10(4-5-11(9)12)20(17,18)13(2)6-3-7-19(14,15)16/h4-5,8H,3,6-7,12H2,1-2H3,(H,14,15,16). The lowest BCUT2D eigenvalue weighted by atomic mass is 10.2. The van der Waals surface area contributed by atoms with Gasteiger partial charge in [0.25, 0.3) is 10.1 Å². The van der Waals surface area contributed by atoms with Crippen molar-refractivity contribution in [1.29, 1.82) is 0 Å². The fourth-order valence-corrected chi connectivity index (χ4v) is 3.37. The summed E-state index contributed by atoms with van der Waals surface area (Å²) in [4.78, 5) is 0.0959. The number of nitrogens with zero attached hydrogens (tertiary/aromatic N) is 1. The van der Waals surface area contributed by atoms with Gasteiger partial charge in [-0.2, -0.15) is 8.42 Å². The molecule has 0 bridgehead atoms. The van der Waals surface area contributed by atoms with E-state index in [-0.39, 0.29) is 17.9 Å². The fraction of sp³-hybridized carbons (Fsp3) is 0.455. The van der Waals surface area contributed by atoms with Crippen molar-refractivity contribution in [2.75, 3.05) is 25.1 Å². The van der Waals surface area contributed by atoms with Crippen LogP contribution in [0.1, 0.15) is 12.0 Å². The topological polar surface area (TPSA) is 118 Å². The molecule has 0 saturated heterocycles. The van der Waals surface area contributed by atoms with Crippen molar-refractivity contribution in [3.8, 4) is 0 Å². The van der Waals surface area contributed by atoms with Gasteiger partial charge in [-0.3, -0.25) is 4.55 Å². The molecule has 0 radical (unpaired) electrons. The summed E-state index contributed by atoms with van der Waals surface area (Å²) in [5.74, 6) is -0.479. The van der Waals surface area contributed by atoms with E-state index in [1.807, 2.05) is 0 Å². The monoisotopic (exact) mass is 322 g/mol. The maximum absolute atomic E-state index is 12.2. The first kappa shape index (κ1) is 16.9. The summed E-state index contributed by atoms with van der Waals surface area (Å²) in [6, 6.07) is 4.37. The van der Waals surface area contributed by atoms with Crippen LogP contribution in [0.2, 0.25) is 0 Å². The Morgan fingerprint density at radius 1 is 1.25 bits per heavy atom. The maximum Gasteiger partial charge on any atom is 0.264 e. The number of aryl methyl sites for hydroxylation is 1. The molecule has 0 fully saturated rings. The molecule has 0 spiro atoms. The molecule has 0 unspecified atom stereocenters. The first-order valence-corrected chi connectivity index (χ1v) is 8.86. The van der Waals surface area contributed by atoms with Crippen LogP contribution in [0.15, 0.2) is 23.1 Å². The molecule has 0 aliphatic rings. The van der Waals surface area contributed by atoms with Gasteiger partial charge in [0.05, 0.1) is 10.6 Å². The summed E-state index contributed by atoms with van der Waals surface area (Å²) in [6.45, 7) is 1.69. The van der Waals surface area contributed by atoms with E-state index in [4.69, 9.17) is 10.3 Å². The van der Waals surface area contributed by atoms with Crippen molar-refractivity contribution in [3.63, 3.8) is 0 Å². The zero-order valence-electron chi connectivity index (χ0n) is 11.3. The van der Waals surface area contributed by atoms with Crippen molar-refractivity contribution in [3.05, 3.63) is 23.8 Å². The number of nitrogen functional groups attached to an aromatic ring is 1. The quantitative estimate of drug-likeness (QED) is 0.581. The number of benzene rings is 1. The number of sulfonamides is 1. The molecule has 20 heavy (non-hydrogen) atoms. The second-order valence-corrected chi connectivity index (χ2v) is 8.10. The number of anilines is 1. The normalized spacial score (nSPS) is 12.8. The van der Waals surface area contributed by atoms with E-state index in [1.54, 1.807) is 6.92 Å². The Kier molecular flexibility index (Phi) is 5.14. The third-order valence-corrected chi connectivity index (χ3v) is 5.48. The third kappa shape index (κ3) is 4.44. The largest absolute Gasteiger partial charge is 0.399 e. The van der Waals surface area contributed by atoms with Crippen LogP contribution in [0.25, 0.3) is 0 Å². The molecule has 9 heteroatoms. The van der Waals surface area contributed by atoms with E-state index < -0.39 is 25.9 Å². The van der Waals surface area contributed by atoms with Crippen LogP contribution in [0, 0.1) is 6.92 Å². The van der Waals surface area contributed by atoms with Crippen LogP contribution < -0.4 is 5.73 Å². The summed E-state index contributed by atoms with van der Waals surface area (Å²) in [5, 5.41) is 0. The molecule has 3 N–H and O–H groups in total. The van der Waals surface area contributed by atoms with Crippen LogP contribution in [0.3, 0.4) is 0 Å². The van der Waals surface area contributed by atoms with Gasteiger partial charge in [0.1, 0.15) is 0 Å². The molecule has 0 amide bonds. The molecule has 0 aliphatic heterocycles. The van der Waals surface area contributed by atoms with Crippen molar-refractivity contribution in [2.24, 2.45) is 0 Å². The van der Waals surface area contributed by atoms with Crippen LogP contribution in [0.4, 0.5) is 5.69 Å². The smallest absolute Gasteiger partial charge is 0.264 e. The number of hydrogen-bond acceptors (Lipinski definition) is 5. The summed E-state index contributed by atoms with van der Waals surface area (Å²) in [7, 11) is -6.42. The molecule has 1 aromatic carbocycles. The highest BCUT2D eigenvalue weighted by Crippen LogP contribution is 2.19. The molecular formula is C11H18N2O5S2. The predicted octanol–water partition coefficient (Wildman–Crippen LogP) is 0.476. The summed E-state index contributed by atoms with van der Waals surface area (Å²) in [5.41, 5.74) is 6.78. The van der Waals surface area contributed by atoms with Gasteiger partial charge in [-0.05, 0) is 37.1 Å². The zero-order chi connectivity index (χ0) is 15.6. The molecule has 7 nitrogen and oxygen atoms in total. The molecule has 0 saturated carbocycles. The third-order valence-electron chi connectivity index (χ3n) is 2.82. The van der Waals surface area contributed by atoms with Gasteiger partial charge in [0.2, 0.25) is 10.0 Å². The summed E-state index contributed by atoms with van der Waals surface area (Å²) >= 11 is 0. The molecule has 114 valence electrons. The van der Waals surface area contributed by atoms with E-state index in [0.717, 1.165) is 4.31 Å². The molecule has 0 aromatic heterocycles. The second kappa shape index (κ2) is 6.08. The zero-order valence-corrected chi connectivity index (χ0v) is 12.9. The highest BCUT2D eigenvalue weighted by atomic mass is 32.2. The van der Waals surface area contributed by atoms with Crippen molar-refractivity contribution in [2.45, 2.75) is 18.2 Å². The van der Waals surface area contributed by atoms with Crippen LogP contribution in [0.5, 0.6) is 0 Å². The minimum Gasteiger partial charge on any atom is -0.399 e. The Balaban J connectivity index is 2.84. The van der Waals surface area contributed by atoms with Gasteiger partial charge in [0.15, 0.2) is 0 Å². The summed E-state index contributed by atoms with van der Waals surface area (Å²) < 4.78 is 55.3. The Morgan fingerprint density at radius 3 is 2.35 bits per heavy atom. The molecular weight excluding hydrogens is 304 g/mol. The number of hydrogen-bond donors (Lipinski definition) is 2. The van der Waals surface area contributed by atoms with Crippen LogP contribution in [-0.2, 0) is 20.1 Å². The highest BCUT2D eigenvalue weighted by molar-refractivity contribution is 7.89. The van der Waals surface area contributed by atoms with Crippen molar-refractivity contribution < 1.29 is 21.4 Å². The Labute approximate surface area is 119 Å². The lowest BCUT2D eigenvalue weighted by molar-refractivity contribution is 0.454. The Morgan fingerprint density at radius 2 is 1.85 bits per heavy atom. The number of nitrogens with two attached hydrogens (primary N) is 1. The molecule has 1 aromatic rings. The maximum atomic E-state index is 12.2. The first-order valence-electron chi connectivity index (χ1n) is 5.81. The molecule has 0 atom stereocenters. The molecule has 1 rings (SSSR count). The van der Waals surface area contributed by atoms with E-state index in [2.05, 4.69) is 0 Å². The Hall–Kier alpha value is -1.16. The molecule has 0 aliphatic carbocycles. The lowest BCUT2D eigenvalue weighted by Gasteiger charge is -2.17. The lowest BCUT2D eigenvalue weighted by Crippen LogP contribution is -2.29. The van der Waals surface area contributed by atoms with Gasteiger partial charge in [0, 0.05) is 19.3 Å².